The molecule has 0 saturated carbocycles. The van der Waals surface area contributed by atoms with Gasteiger partial charge in [-0.2, -0.15) is 8.42 Å². The minimum Gasteiger partial charge on any atom is -0.455 e. The number of rotatable bonds is 4. The summed E-state index contributed by atoms with van der Waals surface area (Å²) in [6.45, 7) is 12.2. The van der Waals surface area contributed by atoms with Gasteiger partial charge in [-0.25, -0.2) is 4.79 Å². The van der Waals surface area contributed by atoms with E-state index in [0.717, 1.165) is 5.56 Å². The molecular weight excluding hydrogens is 330 g/mol. The molecule has 0 bridgehead atoms. The van der Waals surface area contributed by atoms with E-state index in [0.29, 0.717) is 0 Å². The first kappa shape index (κ1) is 20.2. The van der Waals surface area contributed by atoms with Crippen LogP contribution in [0, 0.1) is 12.3 Å². The van der Waals surface area contributed by atoms with Crippen LogP contribution in [0.5, 0.6) is 0 Å². The van der Waals surface area contributed by atoms with Crippen molar-refractivity contribution in [3.63, 3.8) is 0 Å². The highest BCUT2D eigenvalue weighted by Gasteiger charge is 2.32. The van der Waals surface area contributed by atoms with Crippen LogP contribution in [-0.2, 0) is 23.9 Å². The van der Waals surface area contributed by atoms with Crippen LogP contribution in [0.1, 0.15) is 47.1 Å². The lowest BCUT2D eigenvalue weighted by atomic mass is 9.90. The lowest BCUT2D eigenvalue weighted by Crippen LogP contribution is -2.36. The maximum Gasteiger partial charge on any atom is 0.358 e. The molecule has 0 amide bonds. The Balaban J connectivity index is 3.12. The lowest BCUT2D eigenvalue weighted by Gasteiger charge is -2.24. The van der Waals surface area contributed by atoms with Crippen molar-refractivity contribution in [1.29, 1.82) is 0 Å². The zero-order valence-electron chi connectivity index (χ0n) is 15.2. The Morgan fingerprint density at radius 2 is 1.50 bits per heavy atom. The smallest absolute Gasteiger partial charge is 0.358 e. The highest BCUT2D eigenvalue weighted by atomic mass is 32.2. The number of carbonyl (C=O) groups is 1. The molecule has 0 aliphatic heterocycles. The van der Waals surface area contributed by atoms with E-state index >= 15 is 0 Å². The number of hydrogen-bond acceptors (Lipinski definition) is 6. The van der Waals surface area contributed by atoms with Gasteiger partial charge in [0, 0.05) is 5.41 Å². The predicted molar refractivity (Wildman–Crippen MR) is 92.2 cm³/mol. The van der Waals surface area contributed by atoms with Gasteiger partial charge in [0.15, 0.2) is 5.71 Å². The first-order valence-corrected chi connectivity index (χ1v) is 8.95. The summed E-state index contributed by atoms with van der Waals surface area (Å²) < 4.78 is 34.4. The summed E-state index contributed by atoms with van der Waals surface area (Å²) in [5.74, 6) is -0.714. The second-order valence-corrected chi connectivity index (χ2v) is 9.06. The van der Waals surface area contributed by atoms with Crippen molar-refractivity contribution >= 4 is 21.8 Å². The number of oxime groups is 1. The second kappa shape index (κ2) is 6.93. The number of aryl methyl sites for hydroxylation is 1. The van der Waals surface area contributed by atoms with Gasteiger partial charge in [-0.3, -0.25) is 4.28 Å². The van der Waals surface area contributed by atoms with Gasteiger partial charge in [0.1, 0.15) is 10.5 Å². The summed E-state index contributed by atoms with van der Waals surface area (Å²) >= 11 is 0. The van der Waals surface area contributed by atoms with Crippen LogP contribution in [0.4, 0.5) is 0 Å². The molecule has 6 nitrogen and oxygen atoms in total. The van der Waals surface area contributed by atoms with Crippen molar-refractivity contribution in [2.75, 3.05) is 0 Å². The Morgan fingerprint density at radius 1 is 1.00 bits per heavy atom. The van der Waals surface area contributed by atoms with Gasteiger partial charge in [0.05, 0.1) is 0 Å². The van der Waals surface area contributed by atoms with E-state index in [1.54, 1.807) is 53.7 Å². The Bertz CT molecular complexity index is 720. The molecule has 24 heavy (non-hydrogen) atoms. The summed E-state index contributed by atoms with van der Waals surface area (Å²) in [4.78, 5) is 12.2. The van der Waals surface area contributed by atoms with E-state index in [4.69, 9.17) is 9.02 Å². The van der Waals surface area contributed by atoms with Gasteiger partial charge >= 0.3 is 16.1 Å². The number of esters is 1. The molecule has 0 aliphatic carbocycles. The third-order valence-corrected chi connectivity index (χ3v) is 3.96. The standard InChI is InChI=1S/C17H25NO5S/c1-12-8-10-13(11-9-12)24(20,21)23-18-14(16(2,3)4)15(19)22-17(5,6)7/h8-11H,1-7H3/b18-14+. The monoisotopic (exact) mass is 355 g/mol. The first-order chi connectivity index (χ1) is 10.7. The molecule has 0 N–H and O–H groups in total. The summed E-state index contributed by atoms with van der Waals surface area (Å²) in [6.07, 6.45) is 0. The molecule has 1 rings (SSSR count). The van der Waals surface area contributed by atoms with Gasteiger partial charge < -0.3 is 4.74 Å². The first-order valence-electron chi connectivity index (χ1n) is 7.54. The maximum absolute atomic E-state index is 12.3. The van der Waals surface area contributed by atoms with Gasteiger partial charge in [0.25, 0.3) is 0 Å². The van der Waals surface area contributed by atoms with Gasteiger partial charge in [0.2, 0.25) is 0 Å². The molecule has 0 saturated heterocycles. The minimum atomic E-state index is -4.10. The number of hydrogen-bond donors (Lipinski definition) is 0. The molecule has 0 aliphatic rings. The molecule has 1 aromatic rings. The molecule has 0 fully saturated rings. The average molecular weight is 355 g/mol. The summed E-state index contributed by atoms with van der Waals surface area (Å²) in [6, 6.07) is 6.14. The van der Waals surface area contributed by atoms with Crippen LogP contribution in [0.3, 0.4) is 0 Å². The van der Waals surface area contributed by atoms with E-state index in [1.807, 2.05) is 6.92 Å². The van der Waals surface area contributed by atoms with Crippen LogP contribution >= 0.6 is 0 Å². The summed E-state index contributed by atoms with van der Waals surface area (Å²) in [5, 5.41) is 3.60. The third kappa shape index (κ3) is 5.96. The largest absolute Gasteiger partial charge is 0.455 e. The maximum atomic E-state index is 12.3. The van der Waals surface area contributed by atoms with Crippen LogP contribution in [0.15, 0.2) is 34.3 Å². The molecule has 0 spiro atoms. The second-order valence-electron chi connectivity index (χ2n) is 7.53. The predicted octanol–water partition coefficient (Wildman–Crippen LogP) is 3.44. The molecule has 7 heteroatoms. The molecule has 0 heterocycles. The zero-order chi connectivity index (χ0) is 18.8. The number of nitrogens with zero attached hydrogens (tertiary/aromatic N) is 1. The van der Waals surface area contributed by atoms with Crippen molar-refractivity contribution in [3.8, 4) is 0 Å². The third-order valence-electron chi connectivity index (χ3n) is 2.84. The summed E-state index contributed by atoms with van der Waals surface area (Å²) in [5.41, 5.74) is -0.654. The van der Waals surface area contributed by atoms with Crippen LogP contribution in [0.2, 0.25) is 0 Å². The fourth-order valence-corrected chi connectivity index (χ4v) is 2.37. The van der Waals surface area contributed by atoms with Crippen LogP contribution in [-0.4, -0.2) is 25.7 Å². The highest BCUT2D eigenvalue weighted by molar-refractivity contribution is 7.86. The van der Waals surface area contributed by atoms with Crippen molar-refractivity contribution < 1.29 is 22.2 Å². The van der Waals surface area contributed by atoms with Crippen LogP contribution in [0.25, 0.3) is 0 Å². The van der Waals surface area contributed by atoms with Crippen molar-refractivity contribution in [1.82, 2.24) is 0 Å². The lowest BCUT2D eigenvalue weighted by molar-refractivity contribution is -0.146. The van der Waals surface area contributed by atoms with E-state index in [2.05, 4.69) is 5.16 Å². The molecule has 0 radical (unpaired) electrons. The van der Waals surface area contributed by atoms with Crippen molar-refractivity contribution in [2.45, 2.75) is 59.0 Å². The Hall–Kier alpha value is -1.89. The van der Waals surface area contributed by atoms with E-state index < -0.39 is 27.1 Å². The number of carbonyl (C=O) groups excluding carboxylic acids is 1. The average Bonchev–Trinajstić information content (AvgIpc) is 2.35. The Morgan fingerprint density at radius 3 is 1.92 bits per heavy atom. The van der Waals surface area contributed by atoms with Crippen molar-refractivity contribution in [2.24, 2.45) is 10.6 Å². The Kier molecular flexibility index (Phi) is 5.82. The van der Waals surface area contributed by atoms with Gasteiger partial charge in [-0.15, -0.1) is 0 Å². The Labute approximate surface area is 144 Å². The molecular formula is C17H25NO5S. The minimum absolute atomic E-state index is 0.0331. The topological polar surface area (TPSA) is 82.0 Å². The van der Waals surface area contributed by atoms with E-state index in [-0.39, 0.29) is 10.6 Å². The fraction of sp³-hybridized carbons (Fsp3) is 0.529. The molecule has 134 valence electrons. The van der Waals surface area contributed by atoms with E-state index in [9.17, 15) is 13.2 Å². The summed E-state index contributed by atoms with van der Waals surface area (Å²) in [7, 11) is -4.10. The van der Waals surface area contributed by atoms with Gasteiger partial charge in [-0.1, -0.05) is 43.6 Å². The zero-order valence-corrected chi connectivity index (χ0v) is 16.0. The van der Waals surface area contributed by atoms with Crippen LogP contribution < -0.4 is 0 Å². The highest BCUT2D eigenvalue weighted by Crippen LogP contribution is 2.21. The molecule has 0 unspecified atom stereocenters. The quantitative estimate of drug-likeness (QED) is 0.469. The fourth-order valence-electron chi connectivity index (χ4n) is 1.64. The van der Waals surface area contributed by atoms with E-state index in [1.165, 1.54) is 12.1 Å². The molecule has 0 aromatic heterocycles. The number of ether oxygens (including phenoxy) is 1. The van der Waals surface area contributed by atoms with Crippen molar-refractivity contribution in [3.05, 3.63) is 29.8 Å². The molecule has 1 aromatic carbocycles. The number of benzene rings is 1. The molecule has 0 atom stereocenters. The SMILES string of the molecule is Cc1ccc(S(=O)(=O)O/N=C(\C(=O)OC(C)(C)C)C(C)(C)C)cc1. The van der Waals surface area contributed by atoms with Gasteiger partial charge in [-0.05, 0) is 39.8 Å². The normalized spacial score (nSPS) is 13.5.